The van der Waals surface area contributed by atoms with Crippen molar-refractivity contribution >= 4 is 11.6 Å². The molecular formula is C38H66O6. The summed E-state index contributed by atoms with van der Waals surface area (Å²) in [6.07, 6.45) is 28.4. The zero-order valence-corrected chi connectivity index (χ0v) is 27.9. The molecule has 254 valence electrons. The standard InChI is InChI=1S/C38H66O6/c39-25-17-13-9-5-1-3-7-11-15-19-27-43-37-31-23-21-29-33-30(36(42)35(29)41)22-24-32(34(31)33)38(37)44-28-20-16-12-8-4-2-6-10-14-18-26-40/h29-34,37-40H,1-28H2. The molecular weight excluding hydrogens is 552 g/mol. The molecule has 0 radical (unpaired) electrons. The number of carbonyl (C=O) groups is 2. The molecule has 0 spiro atoms. The van der Waals surface area contributed by atoms with Gasteiger partial charge in [-0.1, -0.05) is 103 Å². The third-order valence-corrected chi connectivity index (χ3v) is 11.8. The van der Waals surface area contributed by atoms with Crippen LogP contribution >= 0.6 is 0 Å². The first-order valence-corrected chi connectivity index (χ1v) is 19.2. The Hall–Kier alpha value is -0.820. The lowest BCUT2D eigenvalue weighted by atomic mass is 9.59. The molecule has 4 aliphatic carbocycles. The van der Waals surface area contributed by atoms with Gasteiger partial charge < -0.3 is 19.7 Å². The molecule has 4 aliphatic rings. The van der Waals surface area contributed by atoms with Crippen molar-refractivity contribution in [2.24, 2.45) is 35.5 Å². The molecule has 44 heavy (non-hydrogen) atoms. The fourth-order valence-electron chi connectivity index (χ4n) is 9.58. The van der Waals surface area contributed by atoms with E-state index in [2.05, 4.69) is 0 Å². The molecule has 6 atom stereocenters. The van der Waals surface area contributed by atoms with Crippen LogP contribution in [-0.4, -0.2) is 60.4 Å². The second-order valence-corrected chi connectivity index (χ2v) is 14.8. The minimum atomic E-state index is -0.0590. The predicted octanol–water partition coefficient (Wildman–Crippen LogP) is 7.99. The summed E-state index contributed by atoms with van der Waals surface area (Å²) in [5, 5.41) is 17.8. The fraction of sp³-hybridized carbons (Fsp3) is 0.947. The van der Waals surface area contributed by atoms with Crippen molar-refractivity contribution in [3.8, 4) is 0 Å². The van der Waals surface area contributed by atoms with Gasteiger partial charge in [-0.15, -0.1) is 0 Å². The van der Waals surface area contributed by atoms with E-state index in [4.69, 9.17) is 19.7 Å². The molecule has 6 unspecified atom stereocenters. The van der Waals surface area contributed by atoms with E-state index >= 15 is 0 Å². The second kappa shape index (κ2) is 20.4. The van der Waals surface area contributed by atoms with E-state index in [1.54, 1.807) is 0 Å². The van der Waals surface area contributed by atoms with E-state index in [0.29, 0.717) is 31.0 Å². The maximum absolute atomic E-state index is 12.8. The highest BCUT2D eigenvalue weighted by Gasteiger charge is 2.65. The SMILES string of the molecule is O=C1C(=O)C2CCC3C(OCCCCCCCCCCCCO)C(OCCCCCCCCCCCCO)C4CCC1C2C43. The zero-order valence-electron chi connectivity index (χ0n) is 27.9. The lowest BCUT2D eigenvalue weighted by Gasteiger charge is -2.44. The van der Waals surface area contributed by atoms with Crippen LogP contribution in [0.1, 0.15) is 154 Å². The number of hydrogen-bond donors (Lipinski definition) is 2. The van der Waals surface area contributed by atoms with Crippen molar-refractivity contribution in [2.75, 3.05) is 26.4 Å². The number of Topliss-reactive ketones (excluding diaryl/α,β-unsaturated/α-hetero) is 2. The van der Waals surface area contributed by atoms with Crippen LogP contribution in [0.4, 0.5) is 0 Å². The van der Waals surface area contributed by atoms with Crippen LogP contribution in [0.15, 0.2) is 0 Å². The van der Waals surface area contributed by atoms with Crippen molar-refractivity contribution in [3.63, 3.8) is 0 Å². The average Bonchev–Trinajstić information content (AvgIpc) is 3.47. The van der Waals surface area contributed by atoms with E-state index < -0.39 is 0 Å². The quantitative estimate of drug-likeness (QED) is 0.0754. The molecule has 4 saturated carbocycles. The van der Waals surface area contributed by atoms with Gasteiger partial charge in [-0.3, -0.25) is 9.59 Å². The summed E-state index contributed by atoms with van der Waals surface area (Å²) in [5.74, 6) is 1.38. The van der Waals surface area contributed by atoms with Gasteiger partial charge in [-0.05, 0) is 75.0 Å². The van der Waals surface area contributed by atoms with Gasteiger partial charge in [0.1, 0.15) is 0 Å². The molecule has 4 fully saturated rings. The summed E-state index contributed by atoms with van der Waals surface area (Å²) >= 11 is 0. The molecule has 0 bridgehead atoms. The molecule has 6 nitrogen and oxygen atoms in total. The normalized spacial score (nSPS) is 30.8. The first-order valence-electron chi connectivity index (χ1n) is 19.2. The molecule has 0 amide bonds. The van der Waals surface area contributed by atoms with Crippen LogP contribution in [0, 0.1) is 35.5 Å². The molecule has 0 aromatic rings. The Balaban J connectivity index is 1.18. The van der Waals surface area contributed by atoms with E-state index in [-0.39, 0.29) is 41.5 Å². The zero-order chi connectivity index (χ0) is 31.0. The highest BCUT2D eigenvalue weighted by atomic mass is 16.5. The van der Waals surface area contributed by atoms with Crippen LogP contribution in [-0.2, 0) is 19.1 Å². The fourth-order valence-corrected chi connectivity index (χ4v) is 9.58. The Kier molecular flexibility index (Phi) is 16.7. The summed E-state index contributed by atoms with van der Waals surface area (Å²) < 4.78 is 13.5. The number of unbranched alkanes of at least 4 members (excludes halogenated alkanes) is 18. The summed E-state index contributed by atoms with van der Waals surface area (Å²) in [4.78, 5) is 25.7. The highest BCUT2D eigenvalue weighted by molar-refractivity contribution is 6.41. The van der Waals surface area contributed by atoms with Crippen LogP contribution in [0.25, 0.3) is 0 Å². The van der Waals surface area contributed by atoms with E-state index in [1.165, 1.54) is 89.9 Å². The Morgan fingerprint density at radius 2 is 0.750 bits per heavy atom. The molecule has 2 N–H and O–H groups in total. The smallest absolute Gasteiger partial charge is 0.202 e. The minimum Gasteiger partial charge on any atom is -0.396 e. The minimum absolute atomic E-state index is 0.0275. The topological polar surface area (TPSA) is 93.1 Å². The number of ether oxygens (including phenoxy) is 2. The Bertz CT molecular complexity index is 751. The molecule has 0 aliphatic heterocycles. The third-order valence-electron chi connectivity index (χ3n) is 11.8. The monoisotopic (exact) mass is 618 g/mol. The average molecular weight is 619 g/mol. The number of aliphatic hydroxyl groups excluding tert-OH is 2. The largest absolute Gasteiger partial charge is 0.396 e. The van der Waals surface area contributed by atoms with Crippen molar-refractivity contribution in [1.29, 1.82) is 0 Å². The Morgan fingerprint density at radius 1 is 0.432 bits per heavy atom. The van der Waals surface area contributed by atoms with Crippen LogP contribution < -0.4 is 0 Å². The highest BCUT2D eigenvalue weighted by Crippen LogP contribution is 2.62. The maximum Gasteiger partial charge on any atom is 0.202 e. The molecule has 0 heterocycles. The van der Waals surface area contributed by atoms with Gasteiger partial charge in [0.25, 0.3) is 0 Å². The van der Waals surface area contributed by atoms with Crippen molar-refractivity contribution in [2.45, 2.75) is 166 Å². The van der Waals surface area contributed by atoms with Crippen LogP contribution in [0.2, 0.25) is 0 Å². The van der Waals surface area contributed by atoms with E-state index in [1.807, 2.05) is 0 Å². The molecule has 6 heteroatoms. The van der Waals surface area contributed by atoms with Crippen LogP contribution in [0.3, 0.4) is 0 Å². The van der Waals surface area contributed by atoms with E-state index in [0.717, 1.165) is 77.4 Å². The summed E-state index contributed by atoms with van der Waals surface area (Å²) in [5.41, 5.74) is 0. The van der Waals surface area contributed by atoms with E-state index in [9.17, 15) is 9.59 Å². The third kappa shape index (κ3) is 10.1. The number of rotatable bonds is 26. The number of hydrogen-bond acceptors (Lipinski definition) is 6. The summed E-state index contributed by atoms with van der Waals surface area (Å²) in [6.45, 7) is 2.26. The van der Waals surface area contributed by atoms with Gasteiger partial charge in [-0.25, -0.2) is 0 Å². The lowest BCUT2D eigenvalue weighted by Crippen LogP contribution is -2.41. The second-order valence-electron chi connectivity index (χ2n) is 14.8. The molecule has 4 rings (SSSR count). The van der Waals surface area contributed by atoms with Crippen LogP contribution in [0.5, 0.6) is 0 Å². The lowest BCUT2D eigenvalue weighted by molar-refractivity contribution is -0.137. The number of ketones is 2. The van der Waals surface area contributed by atoms with Gasteiger partial charge in [-0.2, -0.15) is 0 Å². The predicted molar refractivity (Wildman–Crippen MR) is 175 cm³/mol. The first kappa shape index (κ1) is 36.0. The first-order chi connectivity index (χ1) is 21.7. The van der Waals surface area contributed by atoms with Gasteiger partial charge in [0.2, 0.25) is 11.6 Å². The molecule has 0 aromatic carbocycles. The van der Waals surface area contributed by atoms with Gasteiger partial charge >= 0.3 is 0 Å². The molecule has 0 aromatic heterocycles. The molecule has 0 saturated heterocycles. The van der Waals surface area contributed by atoms with Gasteiger partial charge in [0.15, 0.2) is 0 Å². The number of aliphatic hydroxyl groups is 2. The summed E-state index contributed by atoms with van der Waals surface area (Å²) in [7, 11) is 0. The van der Waals surface area contributed by atoms with Gasteiger partial charge in [0, 0.05) is 38.3 Å². The summed E-state index contributed by atoms with van der Waals surface area (Å²) in [6, 6.07) is 0. The maximum atomic E-state index is 12.8. The van der Waals surface area contributed by atoms with Crippen molar-refractivity contribution in [1.82, 2.24) is 0 Å². The van der Waals surface area contributed by atoms with Crippen molar-refractivity contribution < 1.29 is 29.3 Å². The Labute approximate surface area is 268 Å². The Morgan fingerprint density at radius 3 is 1.09 bits per heavy atom. The van der Waals surface area contributed by atoms with Crippen molar-refractivity contribution in [3.05, 3.63) is 0 Å². The van der Waals surface area contributed by atoms with Gasteiger partial charge in [0.05, 0.1) is 12.2 Å². The number of carbonyl (C=O) groups excluding carboxylic acids is 2.